The van der Waals surface area contributed by atoms with Crippen molar-refractivity contribution < 1.29 is 9.21 Å². The molecule has 0 bridgehead atoms. The zero-order valence-corrected chi connectivity index (χ0v) is 13.9. The number of carbonyl (C=O) groups is 1. The lowest BCUT2D eigenvalue weighted by molar-refractivity contribution is 0.0997. The smallest absolute Gasteiger partial charge is 0.291 e. The summed E-state index contributed by atoms with van der Waals surface area (Å²) in [4.78, 5) is 12.2. The van der Waals surface area contributed by atoms with Gasteiger partial charge in [0.2, 0.25) is 0 Å². The van der Waals surface area contributed by atoms with E-state index in [0.29, 0.717) is 32.1 Å². The minimum Gasteiger partial charge on any atom is -0.451 e. The Morgan fingerprint density at radius 3 is 2.43 bits per heavy atom. The van der Waals surface area contributed by atoms with Crippen LogP contribution >= 0.6 is 34.8 Å². The predicted octanol–water partition coefficient (Wildman–Crippen LogP) is 6.16. The molecule has 1 aromatic heterocycles. The van der Waals surface area contributed by atoms with Crippen molar-refractivity contribution in [3.05, 3.63) is 75.4 Å². The molecule has 0 aliphatic rings. The van der Waals surface area contributed by atoms with Gasteiger partial charge in [-0.2, -0.15) is 0 Å². The van der Waals surface area contributed by atoms with E-state index in [1.54, 1.807) is 54.6 Å². The number of nitrogens with one attached hydrogen (secondary N) is 1. The van der Waals surface area contributed by atoms with E-state index in [9.17, 15) is 4.79 Å². The van der Waals surface area contributed by atoms with Crippen LogP contribution in [0.4, 0.5) is 5.69 Å². The summed E-state index contributed by atoms with van der Waals surface area (Å²) in [5.74, 6) is 0.289. The van der Waals surface area contributed by atoms with Crippen LogP contribution in [0.1, 0.15) is 10.6 Å². The van der Waals surface area contributed by atoms with Gasteiger partial charge in [0, 0.05) is 21.3 Å². The molecule has 1 amide bonds. The van der Waals surface area contributed by atoms with Gasteiger partial charge in [-0.25, -0.2) is 0 Å². The highest BCUT2D eigenvalue weighted by molar-refractivity contribution is 6.36. The largest absolute Gasteiger partial charge is 0.451 e. The quantitative estimate of drug-likeness (QED) is 0.603. The second-order valence-electron chi connectivity index (χ2n) is 4.75. The molecule has 6 heteroatoms. The first-order valence-corrected chi connectivity index (χ1v) is 7.78. The number of rotatable bonds is 3. The zero-order chi connectivity index (χ0) is 16.4. The Balaban J connectivity index is 1.82. The number of hydrogen-bond donors (Lipinski definition) is 1. The molecule has 1 heterocycles. The Morgan fingerprint density at radius 2 is 1.70 bits per heavy atom. The summed E-state index contributed by atoms with van der Waals surface area (Å²) >= 11 is 17.9. The molecule has 0 atom stereocenters. The molecule has 23 heavy (non-hydrogen) atoms. The van der Waals surface area contributed by atoms with Crippen LogP contribution in [0, 0.1) is 0 Å². The van der Waals surface area contributed by atoms with Gasteiger partial charge in [0.25, 0.3) is 5.91 Å². The van der Waals surface area contributed by atoms with Crippen LogP contribution in [-0.4, -0.2) is 5.91 Å². The van der Waals surface area contributed by atoms with Gasteiger partial charge in [0.15, 0.2) is 5.76 Å². The topological polar surface area (TPSA) is 42.2 Å². The third-order valence-corrected chi connectivity index (χ3v) is 3.89. The lowest BCUT2D eigenvalue weighted by Crippen LogP contribution is -2.10. The maximum Gasteiger partial charge on any atom is 0.291 e. The van der Waals surface area contributed by atoms with E-state index in [1.165, 1.54) is 0 Å². The number of halogens is 3. The van der Waals surface area contributed by atoms with E-state index in [-0.39, 0.29) is 11.7 Å². The summed E-state index contributed by atoms with van der Waals surface area (Å²) in [5.41, 5.74) is 1.25. The van der Waals surface area contributed by atoms with Crippen LogP contribution in [0.25, 0.3) is 11.3 Å². The van der Waals surface area contributed by atoms with E-state index in [4.69, 9.17) is 39.2 Å². The van der Waals surface area contributed by atoms with Crippen LogP contribution < -0.4 is 5.32 Å². The van der Waals surface area contributed by atoms with E-state index in [2.05, 4.69) is 5.32 Å². The van der Waals surface area contributed by atoms with Crippen molar-refractivity contribution in [2.24, 2.45) is 0 Å². The van der Waals surface area contributed by atoms with E-state index < -0.39 is 0 Å². The molecule has 2 aromatic carbocycles. The molecular formula is C17H10Cl3NO2. The number of hydrogen-bond acceptors (Lipinski definition) is 2. The average Bonchev–Trinajstić information content (AvgIpc) is 2.97. The van der Waals surface area contributed by atoms with Gasteiger partial charge in [-0.1, -0.05) is 40.9 Å². The second-order valence-corrected chi connectivity index (χ2v) is 6.03. The Kier molecular flexibility index (Phi) is 4.62. The average molecular weight is 367 g/mol. The SMILES string of the molecule is O=C(Nc1cccc(Cl)c1)c1ccc(-c2ccc(Cl)cc2Cl)o1. The Hall–Kier alpha value is -1.94. The van der Waals surface area contributed by atoms with Gasteiger partial charge in [-0.15, -0.1) is 0 Å². The van der Waals surface area contributed by atoms with Gasteiger partial charge >= 0.3 is 0 Å². The molecule has 1 N–H and O–H groups in total. The molecule has 3 aromatic rings. The highest BCUT2D eigenvalue weighted by atomic mass is 35.5. The van der Waals surface area contributed by atoms with E-state index in [1.807, 2.05) is 0 Å². The number of benzene rings is 2. The van der Waals surface area contributed by atoms with E-state index in [0.717, 1.165) is 0 Å². The third-order valence-electron chi connectivity index (χ3n) is 3.11. The molecule has 3 nitrogen and oxygen atoms in total. The number of anilines is 1. The molecule has 0 radical (unpaired) electrons. The first kappa shape index (κ1) is 15.9. The van der Waals surface area contributed by atoms with Gasteiger partial charge in [0.1, 0.15) is 5.76 Å². The highest BCUT2D eigenvalue weighted by Gasteiger charge is 2.14. The Labute approximate surface area is 147 Å². The summed E-state index contributed by atoms with van der Waals surface area (Å²) in [5, 5.41) is 4.24. The fraction of sp³-hybridized carbons (Fsp3) is 0. The van der Waals surface area contributed by atoms with Gasteiger partial charge in [-0.05, 0) is 48.5 Å². The van der Waals surface area contributed by atoms with Gasteiger partial charge < -0.3 is 9.73 Å². The van der Waals surface area contributed by atoms with Gasteiger partial charge in [-0.3, -0.25) is 4.79 Å². The predicted molar refractivity (Wildman–Crippen MR) is 93.6 cm³/mol. The molecule has 0 saturated carbocycles. The van der Waals surface area contributed by atoms with Crippen molar-refractivity contribution in [2.45, 2.75) is 0 Å². The van der Waals surface area contributed by atoms with Crippen LogP contribution in [0.5, 0.6) is 0 Å². The van der Waals surface area contributed by atoms with Crippen molar-refractivity contribution in [1.29, 1.82) is 0 Å². The molecule has 3 rings (SSSR count). The summed E-state index contributed by atoms with van der Waals surface area (Å²) in [6, 6.07) is 15.2. The van der Waals surface area contributed by atoms with Crippen LogP contribution in [0.3, 0.4) is 0 Å². The number of carbonyl (C=O) groups excluding carboxylic acids is 1. The summed E-state index contributed by atoms with van der Waals surface area (Å²) in [7, 11) is 0. The maximum atomic E-state index is 12.2. The monoisotopic (exact) mass is 365 g/mol. The molecule has 0 fully saturated rings. The van der Waals surface area contributed by atoms with Crippen LogP contribution in [-0.2, 0) is 0 Å². The molecular weight excluding hydrogens is 357 g/mol. The molecule has 0 spiro atoms. The summed E-state index contributed by atoms with van der Waals surface area (Å²) in [6.07, 6.45) is 0. The second kappa shape index (κ2) is 6.67. The molecule has 116 valence electrons. The fourth-order valence-electron chi connectivity index (χ4n) is 2.05. The third kappa shape index (κ3) is 3.70. The minimum atomic E-state index is -0.372. The number of furan rings is 1. The minimum absolute atomic E-state index is 0.172. The summed E-state index contributed by atoms with van der Waals surface area (Å²) < 4.78 is 5.58. The zero-order valence-electron chi connectivity index (χ0n) is 11.6. The molecule has 0 aliphatic carbocycles. The molecule has 0 unspecified atom stereocenters. The Bertz CT molecular complexity index is 874. The van der Waals surface area contributed by atoms with Crippen molar-refractivity contribution in [1.82, 2.24) is 0 Å². The molecule has 0 saturated heterocycles. The lowest BCUT2D eigenvalue weighted by Gasteiger charge is -2.04. The lowest BCUT2D eigenvalue weighted by atomic mass is 10.2. The van der Waals surface area contributed by atoms with Crippen molar-refractivity contribution >= 4 is 46.4 Å². The first-order chi connectivity index (χ1) is 11.0. The maximum absolute atomic E-state index is 12.2. The molecule has 0 aliphatic heterocycles. The van der Waals surface area contributed by atoms with E-state index >= 15 is 0 Å². The normalized spacial score (nSPS) is 10.6. The standard InChI is InChI=1S/C17H10Cl3NO2/c18-10-2-1-3-12(8-10)21-17(22)16-7-6-15(23-16)13-5-4-11(19)9-14(13)20/h1-9H,(H,21,22). The Morgan fingerprint density at radius 1 is 0.913 bits per heavy atom. The van der Waals surface area contributed by atoms with Crippen molar-refractivity contribution in [3.8, 4) is 11.3 Å². The van der Waals surface area contributed by atoms with Crippen LogP contribution in [0.15, 0.2) is 59.0 Å². The van der Waals surface area contributed by atoms with Crippen molar-refractivity contribution in [2.75, 3.05) is 5.32 Å². The highest BCUT2D eigenvalue weighted by Crippen LogP contribution is 2.31. The fourth-order valence-corrected chi connectivity index (χ4v) is 2.74. The summed E-state index contributed by atoms with van der Waals surface area (Å²) in [6.45, 7) is 0. The first-order valence-electron chi connectivity index (χ1n) is 6.65. The number of amides is 1. The van der Waals surface area contributed by atoms with Gasteiger partial charge in [0.05, 0.1) is 5.02 Å². The van der Waals surface area contributed by atoms with Crippen molar-refractivity contribution in [3.63, 3.8) is 0 Å². The van der Waals surface area contributed by atoms with Crippen LogP contribution in [0.2, 0.25) is 15.1 Å².